The van der Waals surface area contributed by atoms with Gasteiger partial charge in [-0.05, 0) is 13.0 Å². The van der Waals surface area contributed by atoms with Crippen molar-refractivity contribution in [1.82, 2.24) is 4.90 Å². The number of esters is 1. The summed E-state index contributed by atoms with van der Waals surface area (Å²) in [6.45, 7) is 4.29. The summed E-state index contributed by atoms with van der Waals surface area (Å²) in [7, 11) is 0. The average Bonchev–Trinajstić information content (AvgIpc) is 2.17. The van der Waals surface area contributed by atoms with Crippen molar-refractivity contribution >= 4 is 12.1 Å². The Labute approximate surface area is 88.6 Å². The molecule has 0 spiro atoms. The van der Waals surface area contributed by atoms with Crippen LogP contribution >= 0.6 is 0 Å². The van der Waals surface area contributed by atoms with Gasteiger partial charge in [-0.1, -0.05) is 6.08 Å². The van der Waals surface area contributed by atoms with Gasteiger partial charge >= 0.3 is 12.1 Å². The van der Waals surface area contributed by atoms with E-state index in [1.807, 2.05) is 0 Å². The maximum atomic E-state index is 11.4. The molecule has 0 saturated heterocycles. The third-order valence-corrected chi connectivity index (χ3v) is 1.92. The summed E-state index contributed by atoms with van der Waals surface area (Å²) in [6, 6.07) is 0. The molecule has 15 heavy (non-hydrogen) atoms. The second-order valence-electron chi connectivity index (χ2n) is 3.18. The molecule has 1 aliphatic rings. The van der Waals surface area contributed by atoms with E-state index in [1.54, 1.807) is 19.1 Å². The summed E-state index contributed by atoms with van der Waals surface area (Å²) in [5.74, 6) is -0.352. The monoisotopic (exact) mass is 213 g/mol. The van der Waals surface area contributed by atoms with Crippen LogP contribution in [0.3, 0.4) is 0 Å². The summed E-state index contributed by atoms with van der Waals surface area (Å²) in [5, 5.41) is 0. The number of nitrogens with zero attached hydrogens (tertiary/aromatic N) is 1. The van der Waals surface area contributed by atoms with Crippen molar-refractivity contribution in [2.45, 2.75) is 20.0 Å². The summed E-state index contributed by atoms with van der Waals surface area (Å²) < 4.78 is 9.82. The fourth-order valence-electron chi connectivity index (χ4n) is 1.35. The predicted octanol–water partition coefficient (Wildman–Crippen LogP) is 0.946. The Morgan fingerprint density at radius 1 is 1.53 bits per heavy atom. The van der Waals surface area contributed by atoms with Gasteiger partial charge in [0.1, 0.15) is 6.10 Å². The molecule has 0 aromatic carbocycles. The molecule has 1 atom stereocenters. The molecule has 5 heteroatoms. The zero-order chi connectivity index (χ0) is 11.3. The van der Waals surface area contributed by atoms with Crippen LogP contribution in [0.25, 0.3) is 0 Å². The van der Waals surface area contributed by atoms with Crippen LogP contribution < -0.4 is 0 Å². The summed E-state index contributed by atoms with van der Waals surface area (Å²) >= 11 is 0. The van der Waals surface area contributed by atoms with Gasteiger partial charge in [0.05, 0.1) is 13.2 Å². The largest absolute Gasteiger partial charge is 0.456 e. The molecule has 0 unspecified atom stereocenters. The zero-order valence-electron chi connectivity index (χ0n) is 8.93. The van der Waals surface area contributed by atoms with Crippen molar-refractivity contribution in [3.8, 4) is 0 Å². The van der Waals surface area contributed by atoms with E-state index in [0.29, 0.717) is 19.7 Å². The predicted molar refractivity (Wildman–Crippen MR) is 53.3 cm³/mol. The van der Waals surface area contributed by atoms with Gasteiger partial charge in [-0.25, -0.2) is 4.79 Å². The van der Waals surface area contributed by atoms with E-state index in [0.717, 1.165) is 0 Å². The third kappa shape index (κ3) is 3.61. The van der Waals surface area contributed by atoms with Gasteiger partial charge in [-0.15, -0.1) is 0 Å². The molecule has 0 bridgehead atoms. The highest BCUT2D eigenvalue weighted by molar-refractivity contribution is 5.69. The van der Waals surface area contributed by atoms with Crippen LogP contribution in [0.5, 0.6) is 0 Å². The van der Waals surface area contributed by atoms with E-state index >= 15 is 0 Å². The number of carbonyl (C=O) groups excluding carboxylic acids is 2. The zero-order valence-corrected chi connectivity index (χ0v) is 8.93. The third-order valence-electron chi connectivity index (χ3n) is 1.92. The van der Waals surface area contributed by atoms with Crippen molar-refractivity contribution in [2.75, 3.05) is 19.7 Å². The van der Waals surface area contributed by atoms with Crippen LogP contribution in [-0.4, -0.2) is 42.8 Å². The average molecular weight is 213 g/mol. The maximum absolute atomic E-state index is 11.4. The van der Waals surface area contributed by atoms with E-state index in [2.05, 4.69) is 0 Å². The molecule has 1 aliphatic heterocycles. The molecule has 1 amide bonds. The Bertz CT molecular complexity index is 275. The molecule has 0 N–H and O–H groups in total. The molecule has 0 radical (unpaired) electrons. The fraction of sp³-hybridized carbons (Fsp3) is 0.600. The second kappa shape index (κ2) is 5.38. The van der Waals surface area contributed by atoms with E-state index < -0.39 is 0 Å². The lowest BCUT2D eigenvalue weighted by molar-refractivity contribution is -0.144. The molecule has 0 aliphatic carbocycles. The van der Waals surface area contributed by atoms with Gasteiger partial charge in [0.25, 0.3) is 0 Å². The lowest BCUT2D eigenvalue weighted by Gasteiger charge is -2.27. The molecule has 5 nitrogen and oxygen atoms in total. The van der Waals surface area contributed by atoms with E-state index in [9.17, 15) is 9.59 Å². The molecule has 1 rings (SSSR count). The van der Waals surface area contributed by atoms with Gasteiger partial charge < -0.3 is 14.4 Å². The SMILES string of the molecule is CCOC(=O)N1CC=C[C@H](OC(C)=O)C1. The van der Waals surface area contributed by atoms with Crippen LogP contribution in [0.1, 0.15) is 13.8 Å². The smallest absolute Gasteiger partial charge is 0.410 e. The van der Waals surface area contributed by atoms with Crippen LogP contribution in [0, 0.1) is 0 Å². The minimum Gasteiger partial charge on any atom is -0.456 e. The Balaban J connectivity index is 2.48. The van der Waals surface area contributed by atoms with Crippen molar-refractivity contribution in [2.24, 2.45) is 0 Å². The minimum absolute atomic E-state index is 0.345. The fourth-order valence-corrected chi connectivity index (χ4v) is 1.35. The summed E-state index contributed by atoms with van der Waals surface area (Å²) in [5.41, 5.74) is 0. The normalized spacial score (nSPS) is 19.9. The first-order chi connectivity index (χ1) is 7.13. The van der Waals surface area contributed by atoms with E-state index in [-0.39, 0.29) is 18.2 Å². The van der Waals surface area contributed by atoms with Gasteiger partial charge in [0, 0.05) is 13.5 Å². The molecular formula is C10H15NO4. The first-order valence-corrected chi connectivity index (χ1v) is 4.89. The number of hydrogen-bond donors (Lipinski definition) is 0. The number of amides is 1. The Morgan fingerprint density at radius 3 is 2.87 bits per heavy atom. The number of ether oxygens (including phenoxy) is 2. The lowest BCUT2D eigenvalue weighted by atomic mass is 10.2. The van der Waals surface area contributed by atoms with Gasteiger partial charge in [-0.2, -0.15) is 0 Å². The molecule has 0 aromatic rings. The van der Waals surface area contributed by atoms with E-state index in [4.69, 9.17) is 9.47 Å². The Hall–Kier alpha value is -1.52. The van der Waals surface area contributed by atoms with Crippen molar-refractivity contribution in [3.05, 3.63) is 12.2 Å². The van der Waals surface area contributed by atoms with Crippen LogP contribution in [0.15, 0.2) is 12.2 Å². The highest BCUT2D eigenvalue weighted by Crippen LogP contribution is 2.07. The number of rotatable bonds is 2. The summed E-state index contributed by atoms with van der Waals surface area (Å²) in [6.07, 6.45) is 2.82. The second-order valence-corrected chi connectivity index (χ2v) is 3.18. The van der Waals surface area contributed by atoms with Crippen molar-refractivity contribution in [1.29, 1.82) is 0 Å². The van der Waals surface area contributed by atoms with Crippen LogP contribution in [0.4, 0.5) is 4.79 Å². The van der Waals surface area contributed by atoms with Gasteiger partial charge in [-0.3, -0.25) is 4.79 Å². The Morgan fingerprint density at radius 2 is 2.27 bits per heavy atom. The minimum atomic E-state index is -0.376. The number of hydrogen-bond acceptors (Lipinski definition) is 4. The molecule has 0 saturated carbocycles. The highest BCUT2D eigenvalue weighted by Gasteiger charge is 2.22. The molecule has 0 aromatic heterocycles. The van der Waals surface area contributed by atoms with Crippen molar-refractivity contribution < 1.29 is 19.1 Å². The quantitative estimate of drug-likeness (QED) is 0.506. The first kappa shape index (κ1) is 11.6. The molecular weight excluding hydrogens is 198 g/mol. The van der Waals surface area contributed by atoms with Crippen LogP contribution in [0.2, 0.25) is 0 Å². The van der Waals surface area contributed by atoms with Crippen molar-refractivity contribution in [3.63, 3.8) is 0 Å². The van der Waals surface area contributed by atoms with Gasteiger partial charge in [0.15, 0.2) is 0 Å². The highest BCUT2D eigenvalue weighted by atomic mass is 16.6. The summed E-state index contributed by atoms with van der Waals surface area (Å²) in [4.78, 5) is 23.6. The standard InChI is InChI=1S/C10H15NO4/c1-3-14-10(13)11-6-4-5-9(7-11)15-8(2)12/h4-5,9H,3,6-7H2,1-2H3/t9-/m0/s1. The maximum Gasteiger partial charge on any atom is 0.410 e. The molecule has 84 valence electrons. The molecule has 0 fully saturated rings. The topological polar surface area (TPSA) is 55.8 Å². The molecule has 1 heterocycles. The first-order valence-electron chi connectivity index (χ1n) is 4.89. The number of carbonyl (C=O) groups is 2. The Kier molecular flexibility index (Phi) is 4.15. The van der Waals surface area contributed by atoms with Crippen LogP contribution in [-0.2, 0) is 14.3 Å². The van der Waals surface area contributed by atoms with Gasteiger partial charge in [0.2, 0.25) is 0 Å². The lowest BCUT2D eigenvalue weighted by Crippen LogP contribution is -2.41. The van der Waals surface area contributed by atoms with E-state index in [1.165, 1.54) is 11.8 Å².